The van der Waals surface area contributed by atoms with E-state index in [1.165, 1.54) is 22.9 Å². The number of amides is 1. The average Bonchev–Trinajstić information content (AvgIpc) is 3.08. The number of aryl methyl sites for hydroxylation is 1. The number of thiophene rings is 1. The summed E-state index contributed by atoms with van der Waals surface area (Å²) < 4.78 is 6.77. The van der Waals surface area contributed by atoms with Crippen molar-refractivity contribution in [2.45, 2.75) is 45.6 Å². The number of nitrogens with zero attached hydrogens (tertiary/aromatic N) is 2. The van der Waals surface area contributed by atoms with E-state index in [0.29, 0.717) is 34.2 Å². The molecule has 158 valence electrons. The second-order valence-electron chi connectivity index (χ2n) is 7.75. The van der Waals surface area contributed by atoms with Gasteiger partial charge in [0.05, 0.1) is 24.5 Å². The van der Waals surface area contributed by atoms with Gasteiger partial charge in [-0.3, -0.25) is 14.2 Å². The number of nitrogens with one attached hydrogen (secondary N) is 1. The Labute approximate surface area is 183 Å². The minimum atomic E-state index is -0.684. The van der Waals surface area contributed by atoms with Crippen LogP contribution in [0.3, 0.4) is 0 Å². The van der Waals surface area contributed by atoms with E-state index < -0.39 is 6.04 Å². The zero-order valence-electron chi connectivity index (χ0n) is 17.2. The van der Waals surface area contributed by atoms with Crippen molar-refractivity contribution in [3.8, 4) is 5.75 Å². The van der Waals surface area contributed by atoms with E-state index in [2.05, 4.69) is 17.2 Å². The monoisotopic (exact) mass is 445 g/mol. The Morgan fingerprint density at radius 3 is 3.00 bits per heavy atom. The molecule has 0 bridgehead atoms. The highest BCUT2D eigenvalue weighted by molar-refractivity contribution is 7.18. The van der Waals surface area contributed by atoms with Gasteiger partial charge in [-0.2, -0.15) is 0 Å². The van der Waals surface area contributed by atoms with Crippen molar-refractivity contribution in [1.29, 1.82) is 0 Å². The highest BCUT2D eigenvalue weighted by Crippen LogP contribution is 2.36. The van der Waals surface area contributed by atoms with Gasteiger partial charge in [-0.15, -0.1) is 11.3 Å². The molecule has 2 heterocycles. The summed E-state index contributed by atoms with van der Waals surface area (Å²) in [5, 5.41) is 4.02. The van der Waals surface area contributed by atoms with Gasteiger partial charge in [-0.05, 0) is 55.4 Å². The number of fused-ring (bicyclic) bond motifs is 3. The molecule has 30 heavy (non-hydrogen) atoms. The average molecular weight is 446 g/mol. The van der Waals surface area contributed by atoms with Crippen LogP contribution in [0.15, 0.2) is 29.3 Å². The molecule has 1 N–H and O–H groups in total. The number of carbonyl (C=O) groups excluding carboxylic acids is 1. The van der Waals surface area contributed by atoms with Gasteiger partial charge < -0.3 is 10.1 Å². The summed E-state index contributed by atoms with van der Waals surface area (Å²) in [4.78, 5) is 33.0. The SMILES string of the molecule is CCC(C(=O)Nc1cc(Cl)ccc1OC)n1cnc2sc3c(c2c1=O)CCC(C)C3. The topological polar surface area (TPSA) is 73.2 Å². The number of anilines is 1. The van der Waals surface area contributed by atoms with Gasteiger partial charge in [0, 0.05) is 9.90 Å². The van der Waals surface area contributed by atoms with Crippen LogP contribution in [0, 0.1) is 5.92 Å². The minimum Gasteiger partial charge on any atom is -0.495 e. The molecule has 2 unspecified atom stereocenters. The van der Waals surface area contributed by atoms with Gasteiger partial charge in [-0.1, -0.05) is 25.4 Å². The van der Waals surface area contributed by atoms with Crippen LogP contribution in [-0.2, 0) is 17.6 Å². The molecular formula is C22H24ClN3O3S. The first kappa shape index (κ1) is 20.9. The molecule has 0 saturated carbocycles. The third-order valence-corrected chi connectivity index (χ3v) is 7.08. The maximum absolute atomic E-state index is 13.4. The van der Waals surface area contributed by atoms with Crippen LogP contribution < -0.4 is 15.6 Å². The lowest BCUT2D eigenvalue weighted by atomic mass is 9.89. The second-order valence-corrected chi connectivity index (χ2v) is 9.27. The van der Waals surface area contributed by atoms with E-state index >= 15 is 0 Å². The molecule has 2 atom stereocenters. The summed E-state index contributed by atoms with van der Waals surface area (Å²) in [5.74, 6) is 0.818. The molecule has 1 aliphatic rings. The summed E-state index contributed by atoms with van der Waals surface area (Å²) in [6, 6.07) is 4.33. The smallest absolute Gasteiger partial charge is 0.263 e. The Bertz CT molecular complexity index is 1170. The lowest BCUT2D eigenvalue weighted by Crippen LogP contribution is -2.33. The normalized spacial score (nSPS) is 16.9. The fourth-order valence-corrected chi connectivity index (χ4v) is 5.58. The van der Waals surface area contributed by atoms with Crippen molar-refractivity contribution in [2.75, 3.05) is 12.4 Å². The second kappa shape index (κ2) is 8.40. The molecule has 3 aromatic rings. The van der Waals surface area contributed by atoms with E-state index in [4.69, 9.17) is 16.3 Å². The van der Waals surface area contributed by atoms with Gasteiger partial charge in [0.25, 0.3) is 5.56 Å². The van der Waals surface area contributed by atoms with Crippen LogP contribution in [0.4, 0.5) is 5.69 Å². The summed E-state index contributed by atoms with van der Waals surface area (Å²) in [7, 11) is 1.53. The zero-order chi connectivity index (χ0) is 21.4. The quantitative estimate of drug-likeness (QED) is 0.610. The standard InChI is InChI=1S/C22H24ClN3O3S/c1-4-16(20(27)25-15-10-13(23)6-8-17(15)29-3)26-11-24-21-19(22(26)28)14-7-5-12(2)9-18(14)30-21/h6,8,10-12,16H,4-5,7,9H2,1-3H3,(H,25,27). The highest BCUT2D eigenvalue weighted by Gasteiger charge is 2.26. The summed E-state index contributed by atoms with van der Waals surface area (Å²) >= 11 is 7.68. The predicted molar refractivity (Wildman–Crippen MR) is 121 cm³/mol. The minimum absolute atomic E-state index is 0.146. The van der Waals surface area contributed by atoms with E-state index in [1.54, 1.807) is 29.5 Å². The molecule has 4 rings (SSSR count). The highest BCUT2D eigenvalue weighted by atomic mass is 35.5. The van der Waals surface area contributed by atoms with Gasteiger partial charge in [0.2, 0.25) is 5.91 Å². The third kappa shape index (κ3) is 3.72. The molecule has 1 aliphatic carbocycles. The van der Waals surface area contributed by atoms with Gasteiger partial charge >= 0.3 is 0 Å². The number of ether oxygens (including phenoxy) is 1. The Balaban J connectivity index is 1.71. The summed E-state index contributed by atoms with van der Waals surface area (Å²) in [6.07, 6.45) is 4.89. The number of methoxy groups -OCH3 is 1. The molecule has 8 heteroatoms. The number of aromatic nitrogens is 2. The Kier molecular flexibility index (Phi) is 5.84. The Morgan fingerprint density at radius 2 is 2.27 bits per heavy atom. The van der Waals surface area contributed by atoms with E-state index in [1.807, 2.05) is 6.92 Å². The number of hydrogen-bond donors (Lipinski definition) is 1. The molecular weight excluding hydrogens is 422 g/mol. The predicted octanol–water partition coefficient (Wildman–Crippen LogP) is 4.83. The Morgan fingerprint density at radius 1 is 1.47 bits per heavy atom. The molecule has 6 nitrogen and oxygen atoms in total. The molecule has 0 spiro atoms. The van der Waals surface area contributed by atoms with Crippen molar-refractivity contribution in [3.63, 3.8) is 0 Å². The summed E-state index contributed by atoms with van der Waals surface area (Å²) in [5.41, 5.74) is 1.44. The first-order valence-corrected chi connectivity index (χ1v) is 11.3. The lowest BCUT2D eigenvalue weighted by Gasteiger charge is -2.20. The first-order valence-electron chi connectivity index (χ1n) is 10.1. The van der Waals surface area contributed by atoms with E-state index in [9.17, 15) is 9.59 Å². The third-order valence-electron chi connectivity index (χ3n) is 5.69. The van der Waals surface area contributed by atoms with Gasteiger partial charge in [0.1, 0.15) is 16.6 Å². The van der Waals surface area contributed by atoms with Crippen LogP contribution in [0.2, 0.25) is 5.02 Å². The maximum Gasteiger partial charge on any atom is 0.263 e. The van der Waals surface area contributed by atoms with E-state index in [0.717, 1.165) is 29.7 Å². The number of rotatable bonds is 5. The van der Waals surface area contributed by atoms with Crippen molar-refractivity contribution in [3.05, 3.63) is 50.3 Å². The van der Waals surface area contributed by atoms with E-state index in [-0.39, 0.29) is 11.5 Å². The maximum atomic E-state index is 13.4. The molecule has 2 aromatic heterocycles. The van der Waals surface area contributed by atoms with Gasteiger partial charge in [0.15, 0.2) is 0 Å². The van der Waals surface area contributed by atoms with Crippen molar-refractivity contribution < 1.29 is 9.53 Å². The number of halogens is 1. The largest absolute Gasteiger partial charge is 0.495 e. The Hall–Kier alpha value is -2.38. The molecule has 1 aromatic carbocycles. The molecule has 0 fully saturated rings. The number of carbonyl (C=O) groups is 1. The lowest BCUT2D eigenvalue weighted by molar-refractivity contribution is -0.119. The van der Waals surface area contributed by atoms with Crippen molar-refractivity contribution in [2.24, 2.45) is 5.92 Å². The zero-order valence-corrected chi connectivity index (χ0v) is 18.8. The van der Waals surface area contributed by atoms with Crippen molar-refractivity contribution >= 4 is 44.7 Å². The molecule has 0 saturated heterocycles. The van der Waals surface area contributed by atoms with Gasteiger partial charge in [-0.25, -0.2) is 4.98 Å². The number of benzene rings is 1. The molecule has 0 aliphatic heterocycles. The van der Waals surface area contributed by atoms with Crippen molar-refractivity contribution in [1.82, 2.24) is 9.55 Å². The van der Waals surface area contributed by atoms with Crippen LogP contribution in [0.1, 0.15) is 43.2 Å². The van der Waals surface area contributed by atoms with Crippen LogP contribution >= 0.6 is 22.9 Å². The van der Waals surface area contributed by atoms with Crippen LogP contribution in [0.5, 0.6) is 5.75 Å². The van der Waals surface area contributed by atoms with Crippen LogP contribution in [-0.4, -0.2) is 22.6 Å². The molecule has 0 radical (unpaired) electrons. The fourth-order valence-electron chi connectivity index (χ4n) is 4.07. The first-order chi connectivity index (χ1) is 14.4. The summed E-state index contributed by atoms with van der Waals surface area (Å²) in [6.45, 7) is 4.11. The molecule has 1 amide bonds. The fraction of sp³-hybridized carbons (Fsp3) is 0.409. The van der Waals surface area contributed by atoms with Crippen LogP contribution in [0.25, 0.3) is 10.2 Å². The number of hydrogen-bond acceptors (Lipinski definition) is 5.